The predicted octanol–water partition coefficient (Wildman–Crippen LogP) is 3.37. The zero-order valence-corrected chi connectivity index (χ0v) is 12.3. The van der Waals surface area contributed by atoms with E-state index in [0.717, 1.165) is 10.0 Å². The summed E-state index contributed by atoms with van der Waals surface area (Å²) in [6.45, 7) is 0.394. The van der Waals surface area contributed by atoms with Gasteiger partial charge in [0.15, 0.2) is 0 Å². The first-order chi connectivity index (χ1) is 9.72. The summed E-state index contributed by atoms with van der Waals surface area (Å²) in [6.07, 6.45) is 0. The monoisotopic (exact) mass is 328 g/mol. The highest BCUT2D eigenvalue weighted by Crippen LogP contribution is 2.17. The van der Waals surface area contributed by atoms with Crippen molar-refractivity contribution in [2.45, 2.75) is 12.5 Å². The molecule has 4 heteroatoms. The van der Waals surface area contributed by atoms with E-state index in [9.17, 15) is 10.1 Å². The molecule has 0 saturated heterocycles. The van der Waals surface area contributed by atoms with Crippen molar-refractivity contribution in [1.82, 2.24) is 5.32 Å². The average Bonchev–Trinajstić information content (AvgIpc) is 2.48. The van der Waals surface area contributed by atoms with Crippen molar-refractivity contribution in [2.24, 2.45) is 0 Å². The highest BCUT2D eigenvalue weighted by molar-refractivity contribution is 9.10. The number of amides is 1. The van der Waals surface area contributed by atoms with Crippen LogP contribution in [0.3, 0.4) is 0 Å². The number of nitrogens with one attached hydrogen (secondary N) is 1. The average molecular weight is 329 g/mol. The molecule has 0 fully saturated rings. The molecule has 0 spiro atoms. The van der Waals surface area contributed by atoms with Crippen molar-refractivity contribution >= 4 is 21.8 Å². The third-order valence-corrected chi connectivity index (χ3v) is 3.71. The van der Waals surface area contributed by atoms with Crippen LogP contribution >= 0.6 is 15.9 Å². The lowest BCUT2D eigenvalue weighted by atomic mass is 10.00. The summed E-state index contributed by atoms with van der Waals surface area (Å²) in [5.41, 5.74) is 1.69. The van der Waals surface area contributed by atoms with Crippen LogP contribution in [-0.2, 0) is 11.3 Å². The first kappa shape index (κ1) is 14.3. The van der Waals surface area contributed by atoms with Crippen LogP contribution in [0, 0.1) is 11.3 Å². The lowest BCUT2D eigenvalue weighted by Gasteiger charge is -2.11. The predicted molar refractivity (Wildman–Crippen MR) is 80.8 cm³/mol. The van der Waals surface area contributed by atoms with Gasteiger partial charge in [-0.3, -0.25) is 4.79 Å². The van der Waals surface area contributed by atoms with Gasteiger partial charge in [-0.2, -0.15) is 5.26 Å². The zero-order chi connectivity index (χ0) is 14.4. The molecule has 2 aromatic rings. The second kappa shape index (κ2) is 6.88. The van der Waals surface area contributed by atoms with E-state index >= 15 is 0 Å². The molecule has 2 aromatic carbocycles. The summed E-state index contributed by atoms with van der Waals surface area (Å²) in [5.74, 6) is -1.06. The summed E-state index contributed by atoms with van der Waals surface area (Å²) < 4.78 is 0.938. The summed E-state index contributed by atoms with van der Waals surface area (Å²) in [7, 11) is 0. The quantitative estimate of drug-likeness (QED) is 0.935. The molecule has 20 heavy (non-hydrogen) atoms. The molecular weight excluding hydrogens is 316 g/mol. The lowest BCUT2D eigenvalue weighted by Crippen LogP contribution is -2.28. The molecule has 1 atom stereocenters. The highest BCUT2D eigenvalue weighted by atomic mass is 79.9. The number of hydrogen-bond donors (Lipinski definition) is 1. The van der Waals surface area contributed by atoms with E-state index in [0.29, 0.717) is 12.1 Å². The Morgan fingerprint density at radius 3 is 2.45 bits per heavy atom. The summed E-state index contributed by atoms with van der Waals surface area (Å²) >= 11 is 3.43. The first-order valence-electron chi connectivity index (χ1n) is 6.18. The van der Waals surface area contributed by atoms with Gasteiger partial charge in [0.2, 0.25) is 5.91 Å². The van der Waals surface area contributed by atoms with Crippen molar-refractivity contribution in [1.29, 1.82) is 5.26 Å². The zero-order valence-electron chi connectivity index (χ0n) is 10.7. The number of nitriles is 1. The second-order valence-electron chi connectivity index (χ2n) is 4.28. The van der Waals surface area contributed by atoms with E-state index in [4.69, 9.17) is 0 Å². The molecule has 1 N–H and O–H groups in total. The van der Waals surface area contributed by atoms with Crippen LogP contribution in [0.4, 0.5) is 0 Å². The molecular formula is C16H13BrN2O. The van der Waals surface area contributed by atoms with Gasteiger partial charge in [0, 0.05) is 11.0 Å². The number of halogens is 1. The fourth-order valence-electron chi connectivity index (χ4n) is 1.86. The van der Waals surface area contributed by atoms with Crippen LogP contribution in [0.25, 0.3) is 0 Å². The number of benzene rings is 2. The summed E-state index contributed by atoms with van der Waals surface area (Å²) in [5, 5.41) is 12.0. The van der Waals surface area contributed by atoms with Gasteiger partial charge >= 0.3 is 0 Å². The third kappa shape index (κ3) is 3.46. The number of carbonyl (C=O) groups is 1. The number of hydrogen-bond acceptors (Lipinski definition) is 2. The Labute approximate surface area is 126 Å². The Morgan fingerprint density at radius 2 is 1.80 bits per heavy atom. The molecule has 0 heterocycles. The van der Waals surface area contributed by atoms with Gasteiger partial charge in [-0.1, -0.05) is 64.5 Å². The van der Waals surface area contributed by atoms with E-state index < -0.39 is 5.92 Å². The Morgan fingerprint density at radius 1 is 1.15 bits per heavy atom. The Hall–Kier alpha value is -2.12. The van der Waals surface area contributed by atoms with Crippen LogP contribution in [0.15, 0.2) is 59.1 Å². The molecule has 1 amide bonds. The minimum Gasteiger partial charge on any atom is -0.351 e. The van der Waals surface area contributed by atoms with Crippen molar-refractivity contribution in [3.8, 4) is 6.07 Å². The summed E-state index contributed by atoms with van der Waals surface area (Å²) in [4.78, 5) is 12.1. The smallest absolute Gasteiger partial charge is 0.242 e. The maximum Gasteiger partial charge on any atom is 0.242 e. The van der Waals surface area contributed by atoms with Crippen LogP contribution in [0.1, 0.15) is 17.0 Å². The summed E-state index contributed by atoms with van der Waals surface area (Å²) in [6, 6.07) is 18.8. The van der Waals surface area contributed by atoms with Crippen molar-refractivity contribution in [3.05, 3.63) is 70.2 Å². The maximum absolute atomic E-state index is 12.1. The van der Waals surface area contributed by atoms with Crippen LogP contribution in [-0.4, -0.2) is 5.91 Å². The van der Waals surface area contributed by atoms with E-state index in [2.05, 4.69) is 21.2 Å². The van der Waals surface area contributed by atoms with Gasteiger partial charge in [-0.25, -0.2) is 0 Å². The van der Waals surface area contributed by atoms with E-state index in [-0.39, 0.29) is 5.91 Å². The van der Waals surface area contributed by atoms with Crippen molar-refractivity contribution in [2.75, 3.05) is 0 Å². The van der Waals surface area contributed by atoms with Crippen LogP contribution in [0.5, 0.6) is 0 Å². The second-order valence-corrected chi connectivity index (χ2v) is 5.14. The first-order valence-corrected chi connectivity index (χ1v) is 6.97. The SMILES string of the molecule is N#CC(C(=O)NCc1ccccc1Br)c1ccccc1. The molecule has 0 aliphatic heterocycles. The van der Waals surface area contributed by atoms with Crippen LogP contribution < -0.4 is 5.32 Å². The van der Waals surface area contributed by atoms with Gasteiger partial charge in [0.05, 0.1) is 6.07 Å². The minimum atomic E-state index is -0.779. The topological polar surface area (TPSA) is 52.9 Å². The molecule has 1 unspecified atom stereocenters. The standard InChI is InChI=1S/C16H13BrN2O/c17-15-9-5-4-8-13(15)11-19-16(20)14(10-18)12-6-2-1-3-7-12/h1-9,14H,11H2,(H,19,20). The Balaban J connectivity index is 2.05. The van der Waals surface area contributed by atoms with Gasteiger partial charge in [-0.15, -0.1) is 0 Å². The van der Waals surface area contributed by atoms with Gasteiger partial charge in [0.25, 0.3) is 0 Å². The van der Waals surface area contributed by atoms with Gasteiger partial charge in [-0.05, 0) is 17.2 Å². The van der Waals surface area contributed by atoms with Crippen LogP contribution in [0.2, 0.25) is 0 Å². The molecule has 3 nitrogen and oxygen atoms in total. The normalized spacial score (nSPS) is 11.4. The molecule has 0 aliphatic rings. The fourth-order valence-corrected chi connectivity index (χ4v) is 2.28. The molecule has 100 valence electrons. The Kier molecular flexibility index (Phi) is 4.91. The molecule has 0 saturated carbocycles. The maximum atomic E-state index is 12.1. The Bertz CT molecular complexity index is 634. The number of carbonyl (C=O) groups excluding carboxylic acids is 1. The van der Waals surface area contributed by atoms with Crippen molar-refractivity contribution < 1.29 is 4.79 Å². The molecule has 2 rings (SSSR count). The van der Waals surface area contributed by atoms with E-state index in [1.54, 1.807) is 12.1 Å². The number of nitrogens with zero attached hydrogens (tertiary/aromatic N) is 1. The largest absolute Gasteiger partial charge is 0.351 e. The molecule has 0 aliphatic carbocycles. The van der Waals surface area contributed by atoms with Gasteiger partial charge in [0.1, 0.15) is 5.92 Å². The minimum absolute atomic E-state index is 0.283. The van der Waals surface area contributed by atoms with E-state index in [1.807, 2.05) is 48.5 Å². The number of rotatable bonds is 4. The fraction of sp³-hybridized carbons (Fsp3) is 0.125. The van der Waals surface area contributed by atoms with Crippen molar-refractivity contribution in [3.63, 3.8) is 0 Å². The highest BCUT2D eigenvalue weighted by Gasteiger charge is 2.19. The van der Waals surface area contributed by atoms with E-state index in [1.165, 1.54) is 0 Å². The lowest BCUT2D eigenvalue weighted by molar-refractivity contribution is -0.121. The van der Waals surface area contributed by atoms with Gasteiger partial charge < -0.3 is 5.32 Å². The molecule has 0 aromatic heterocycles. The third-order valence-electron chi connectivity index (χ3n) is 2.94. The molecule has 0 radical (unpaired) electrons. The molecule has 0 bridgehead atoms.